The molecule has 0 atom stereocenters. The molecule has 0 unspecified atom stereocenters. The van der Waals surface area contributed by atoms with Gasteiger partial charge in [0, 0.05) is 31.7 Å². The summed E-state index contributed by atoms with van der Waals surface area (Å²) in [5.74, 6) is 0.878. The number of nitrogens with zero attached hydrogens (tertiary/aromatic N) is 2. The number of methoxy groups -OCH3 is 1. The maximum Gasteiger partial charge on any atom is 0.254 e. The van der Waals surface area contributed by atoms with Gasteiger partial charge in [-0.3, -0.25) is 4.79 Å². The van der Waals surface area contributed by atoms with Crippen molar-refractivity contribution < 1.29 is 17.9 Å². The van der Waals surface area contributed by atoms with Crippen LogP contribution in [0.4, 0.5) is 0 Å². The minimum atomic E-state index is -3.19. The van der Waals surface area contributed by atoms with E-state index in [0.29, 0.717) is 38.2 Å². The zero-order valence-corrected chi connectivity index (χ0v) is 15.6. The Kier molecular flexibility index (Phi) is 5.87. The molecule has 1 aromatic carbocycles. The molecule has 0 spiro atoms. The van der Waals surface area contributed by atoms with Crippen molar-refractivity contribution in [2.75, 3.05) is 39.0 Å². The summed E-state index contributed by atoms with van der Waals surface area (Å²) >= 11 is 0. The first-order valence-corrected chi connectivity index (χ1v) is 9.83. The van der Waals surface area contributed by atoms with Crippen LogP contribution >= 0.6 is 0 Å². The van der Waals surface area contributed by atoms with Crippen molar-refractivity contribution >= 4 is 15.9 Å². The summed E-state index contributed by atoms with van der Waals surface area (Å²) in [6, 6.07) is 3.71. The first kappa shape index (κ1) is 18.7. The lowest BCUT2D eigenvalue weighted by molar-refractivity contribution is 0.0697. The first-order chi connectivity index (χ1) is 11.3. The second-order valence-electron chi connectivity index (χ2n) is 6.14. The molecule has 2 rings (SSSR count). The average molecular weight is 354 g/mol. The number of aryl methyl sites for hydroxylation is 2. The Morgan fingerprint density at radius 1 is 1.12 bits per heavy atom. The van der Waals surface area contributed by atoms with Gasteiger partial charge in [0.05, 0.1) is 12.9 Å². The Morgan fingerprint density at radius 2 is 1.75 bits per heavy atom. The number of ether oxygens (including phenoxy) is 1. The van der Waals surface area contributed by atoms with Gasteiger partial charge in [-0.25, -0.2) is 8.42 Å². The molecular formula is C17H26N2O4S. The van der Waals surface area contributed by atoms with Gasteiger partial charge in [-0.15, -0.1) is 0 Å². The highest BCUT2D eigenvalue weighted by Gasteiger charge is 2.29. The van der Waals surface area contributed by atoms with Crippen molar-refractivity contribution in [2.24, 2.45) is 0 Å². The second kappa shape index (κ2) is 7.53. The standard InChI is InChI=1S/C17H26N2O4S/c1-5-10-24(21,22)19-8-6-18(7-9-19)17(20)15-11-14(3)16(23-4)12-13(15)2/h11-12H,5-10H2,1-4H3. The third-order valence-electron chi connectivity index (χ3n) is 4.35. The molecule has 6 nitrogen and oxygen atoms in total. The zero-order valence-electron chi connectivity index (χ0n) is 14.8. The quantitative estimate of drug-likeness (QED) is 0.809. The smallest absolute Gasteiger partial charge is 0.254 e. The first-order valence-electron chi connectivity index (χ1n) is 8.22. The Morgan fingerprint density at radius 3 is 2.29 bits per heavy atom. The molecule has 0 N–H and O–H groups in total. The molecule has 1 heterocycles. The summed E-state index contributed by atoms with van der Waals surface area (Å²) in [4.78, 5) is 14.5. The van der Waals surface area contributed by atoms with E-state index in [-0.39, 0.29) is 11.7 Å². The average Bonchev–Trinajstić information content (AvgIpc) is 2.56. The van der Waals surface area contributed by atoms with Crippen LogP contribution in [0.3, 0.4) is 0 Å². The molecule has 1 aromatic rings. The normalized spacial score (nSPS) is 16.2. The third kappa shape index (κ3) is 3.89. The zero-order chi connectivity index (χ0) is 17.9. The summed E-state index contributed by atoms with van der Waals surface area (Å²) in [5.41, 5.74) is 2.43. The van der Waals surface area contributed by atoms with E-state index in [1.807, 2.05) is 32.9 Å². The molecule has 7 heteroatoms. The summed E-state index contributed by atoms with van der Waals surface area (Å²) in [6.45, 7) is 7.22. The number of hydrogen-bond donors (Lipinski definition) is 0. The highest BCUT2D eigenvalue weighted by molar-refractivity contribution is 7.89. The van der Waals surface area contributed by atoms with Crippen LogP contribution in [-0.2, 0) is 10.0 Å². The molecule has 1 aliphatic rings. The van der Waals surface area contributed by atoms with E-state index >= 15 is 0 Å². The van der Waals surface area contributed by atoms with Gasteiger partial charge in [-0.1, -0.05) is 6.92 Å². The van der Waals surface area contributed by atoms with Crippen molar-refractivity contribution in [3.05, 3.63) is 28.8 Å². The number of hydrogen-bond acceptors (Lipinski definition) is 4. The lowest BCUT2D eigenvalue weighted by Crippen LogP contribution is -2.51. The van der Waals surface area contributed by atoms with Crippen LogP contribution in [0.25, 0.3) is 0 Å². The number of benzene rings is 1. The van der Waals surface area contributed by atoms with Gasteiger partial charge >= 0.3 is 0 Å². The molecule has 0 aliphatic carbocycles. The molecular weight excluding hydrogens is 328 g/mol. The van der Waals surface area contributed by atoms with Crippen LogP contribution in [-0.4, -0.2) is 62.6 Å². The number of amides is 1. The van der Waals surface area contributed by atoms with Crippen LogP contribution in [0.1, 0.15) is 34.8 Å². The van der Waals surface area contributed by atoms with E-state index in [0.717, 1.165) is 16.9 Å². The van der Waals surface area contributed by atoms with E-state index in [4.69, 9.17) is 4.74 Å². The molecule has 1 saturated heterocycles. The molecule has 1 aliphatic heterocycles. The van der Waals surface area contributed by atoms with Crippen molar-refractivity contribution in [3.8, 4) is 5.75 Å². The monoisotopic (exact) mass is 354 g/mol. The van der Waals surface area contributed by atoms with Crippen molar-refractivity contribution in [1.82, 2.24) is 9.21 Å². The minimum absolute atomic E-state index is 0.0502. The maximum atomic E-state index is 12.8. The minimum Gasteiger partial charge on any atom is -0.496 e. The van der Waals surface area contributed by atoms with E-state index in [1.54, 1.807) is 12.0 Å². The highest BCUT2D eigenvalue weighted by atomic mass is 32.2. The van der Waals surface area contributed by atoms with E-state index in [9.17, 15) is 13.2 Å². The molecule has 134 valence electrons. The third-order valence-corrected chi connectivity index (χ3v) is 6.43. The van der Waals surface area contributed by atoms with Gasteiger partial charge in [-0.2, -0.15) is 4.31 Å². The number of carbonyl (C=O) groups is 1. The molecule has 24 heavy (non-hydrogen) atoms. The van der Waals surface area contributed by atoms with Gasteiger partial charge in [0.2, 0.25) is 10.0 Å². The fraction of sp³-hybridized carbons (Fsp3) is 0.588. The van der Waals surface area contributed by atoms with Crippen molar-refractivity contribution in [1.29, 1.82) is 0 Å². The van der Waals surface area contributed by atoms with Crippen molar-refractivity contribution in [3.63, 3.8) is 0 Å². The predicted molar refractivity (Wildman–Crippen MR) is 94.0 cm³/mol. The Labute approximate surface area is 144 Å². The number of carbonyl (C=O) groups excluding carboxylic acids is 1. The maximum absolute atomic E-state index is 12.8. The van der Waals surface area contributed by atoms with Gasteiger partial charge < -0.3 is 9.64 Å². The molecule has 1 fully saturated rings. The van der Waals surface area contributed by atoms with Crippen molar-refractivity contribution in [2.45, 2.75) is 27.2 Å². The SMILES string of the molecule is CCCS(=O)(=O)N1CCN(C(=O)c2cc(C)c(OC)cc2C)CC1. The van der Waals surface area contributed by atoms with Crippen LogP contribution in [0.2, 0.25) is 0 Å². The van der Waals surface area contributed by atoms with Crippen LogP contribution in [0, 0.1) is 13.8 Å². The lowest BCUT2D eigenvalue weighted by atomic mass is 10.0. The van der Waals surface area contributed by atoms with Crippen LogP contribution in [0.5, 0.6) is 5.75 Å². The molecule has 0 saturated carbocycles. The number of rotatable bonds is 5. The molecule has 0 bridgehead atoms. The second-order valence-corrected chi connectivity index (χ2v) is 8.23. The van der Waals surface area contributed by atoms with E-state index in [2.05, 4.69) is 0 Å². The Hall–Kier alpha value is -1.60. The number of sulfonamides is 1. The largest absolute Gasteiger partial charge is 0.496 e. The topological polar surface area (TPSA) is 66.9 Å². The van der Waals surface area contributed by atoms with Gasteiger partial charge in [-0.05, 0) is 43.5 Å². The summed E-state index contributed by atoms with van der Waals surface area (Å²) < 4.78 is 31.0. The van der Waals surface area contributed by atoms with E-state index < -0.39 is 10.0 Å². The van der Waals surface area contributed by atoms with Gasteiger partial charge in [0.15, 0.2) is 0 Å². The van der Waals surface area contributed by atoms with Crippen LogP contribution in [0.15, 0.2) is 12.1 Å². The van der Waals surface area contributed by atoms with Gasteiger partial charge in [0.1, 0.15) is 5.75 Å². The highest BCUT2D eigenvalue weighted by Crippen LogP contribution is 2.24. The summed E-state index contributed by atoms with van der Waals surface area (Å²) in [6.07, 6.45) is 0.603. The molecule has 0 radical (unpaired) electrons. The summed E-state index contributed by atoms with van der Waals surface area (Å²) in [5, 5.41) is 0. The fourth-order valence-corrected chi connectivity index (χ4v) is 4.46. The van der Waals surface area contributed by atoms with E-state index in [1.165, 1.54) is 4.31 Å². The fourth-order valence-electron chi connectivity index (χ4n) is 2.97. The van der Waals surface area contributed by atoms with Crippen LogP contribution < -0.4 is 4.74 Å². The molecule has 1 amide bonds. The Balaban J connectivity index is 2.10. The molecule has 0 aromatic heterocycles. The predicted octanol–water partition coefficient (Wildman–Crippen LogP) is 1.81. The van der Waals surface area contributed by atoms with Gasteiger partial charge in [0.25, 0.3) is 5.91 Å². The Bertz CT molecular complexity index is 708. The number of piperazine rings is 1. The summed E-state index contributed by atoms with van der Waals surface area (Å²) in [7, 11) is -1.58. The lowest BCUT2D eigenvalue weighted by Gasteiger charge is -2.34.